The molecule has 3 heterocycles. The Kier molecular flexibility index (Phi) is 3.33. The zero-order valence-corrected chi connectivity index (χ0v) is 18.5. The van der Waals surface area contributed by atoms with E-state index in [1.54, 1.807) is 7.11 Å². The fourth-order valence-corrected chi connectivity index (χ4v) is 5.80. The Labute approximate surface area is 195 Å². The minimum atomic E-state index is 0.863. The largest absolute Gasteiger partial charge is 0.497 e. The lowest BCUT2D eigenvalue weighted by atomic mass is 9.91. The average molecular weight is 437 g/mol. The molecule has 34 heavy (non-hydrogen) atoms. The highest BCUT2D eigenvalue weighted by atomic mass is 16.5. The summed E-state index contributed by atoms with van der Waals surface area (Å²) in [6, 6.07) is 34.4. The molecule has 3 heteroatoms. The predicted molar refractivity (Wildman–Crippen MR) is 139 cm³/mol. The van der Waals surface area contributed by atoms with E-state index in [1.165, 1.54) is 44.2 Å². The lowest BCUT2D eigenvalue weighted by Crippen LogP contribution is -1.95. The fraction of sp³-hybridized carbons (Fsp3) is 0.0323. The van der Waals surface area contributed by atoms with Crippen LogP contribution in [0.25, 0.3) is 71.7 Å². The Hall–Kier alpha value is -4.50. The fourth-order valence-electron chi connectivity index (χ4n) is 5.80. The second kappa shape index (κ2) is 6.30. The van der Waals surface area contributed by atoms with Crippen LogP contribution >= 0.6 is 0 Å². The van der Waals surface area contributed by atoms with Crippen molar-refractivity contribution in [3.63, 3.8) is 0 Å². The molecule has 0 bridgehead atoms. The third-order valence-corrected chi connectivity index (χ3v) is 7.25. The van der Waals surface area contributed by atoms with Gasteiger partial charge in [0.2, 0.25) is 0 Å². The molecule has 0 spiro atoms. The highest BCUT2D eigenvalue weighted by molar-refractivity contribution is 6.21. The van der Waals surface area contributed by atoms with Gasteiger partial charge in [0, 0.05) is 38.2 Å². The minimum Gasteiger partial charge on any atom is -0.497 e. The zero-order chi connectivity index (χ0) is 22.4. The van der Waals surface area contributed by atoms with Gasteiger partial charge in [-0.05, 0) is 42.0 Å². The molecule has 0 saturated heterocycles. The molecule has 2 aromatic heterocycles. The maximum Gasteiger partial charge on any atom is 0.143 e. The first-order chi connectivity index (χ1) is 16.8. The van der Waals surface area contributed by atoms with Gasteiger partial charge in [0.15, 0.2) is 0 Å². The third-order valence-electron chi connectivity index (χ3n) is 7.25. The van der Waals surface area contributed by atoms with E-state index in [-0.39, 0.29) is 0 Å². The Bertz CT molecular complexity index is 1950. The van der Waals surface area contributed by atoms with E-state index in [1.807, 2.05) is 12.1 Å². The van der Waals surface area contributed by atoms with E-state index >= 15 is 0 Å². The van der Waals surface area contributed by atoms with Crippen LogP contribution in [0.5, 0.6) is 5.75 Å². The van der Waals surface area contributed by atoms with Crippen molar-refractivity contribution in [2.24, 2.45) is 0 Å². The molecule has 8 rings (SSSR count). The Morgan fingerprint density at radius 1 is 0.647 bits per heavy atom. The van der Waals surface area contributed by atoms with Gasteiger partial charge < -0.3 is 13.7 Å². The Morgan fingerprint density at radius 2 is 1.47 bits per heavy atom. The van der Waals surface area contributed by atoms with Gasteiger partial charge in [0.1, 0.15) is 16.9 Å². The molecule has 0 aliphatic carbocycles. The molecular weight excluding hydrogens is 418 g/mol. The van der Waals surface area contributed by atoms with Gasteiger partial charge in [-0.25, -0.2) is 0 Å². The minimum absolute atomic E-state index is 0.863. The maximum atomic E-state index is 6.55. The second-order valence-electron chi connectivity index (χ2n) is 8.90. The summed E-state index contributed by atoms with van der Waals surface area (Å²) >= 11 is 0. The number of furan rings is 1. The number of benzene rings is 5. The summed E-state index contributed by atoms with van der Waals surface area (Å²) in [5.41, 5.74) is 10.1. The van der Waals surface area contributed by atoms with E-state index in [2.05, 4.69) is 89.5 Å². The number of aromatic nitrogens is 1. The zero-order valence-electron chi connectivity index (χ0n) is 18.5. The van der Waals surface area contributed by atoms with Crippen molar-refractivity contribution in [2.45, 2.75) is 0 Å². The van der Waals surface area contributed by atoms with Gasteiger partial charge in [-0.2, -0.15) is 0 Å². The number of rotatable bonds is 1. The molecule has 7 aromatic rings. The number of hydrogen-bond acceptors (Lipinski definition) is 2. The van der Waals surface area contributed by atoms with Crippen LogP contribution in [-0.4, -0.2) is 11.7 Å². The first-order valence-electron chi connectivity index (χ1n) is 11.5. The monoisotopic (exact) mass is 437 g/mol. The highest BCUT2D eigenvalue weighted by Crippen LogP contribution is 2.50. The van der Waals surface area contributed by atoms with Gasteiger partial charge in [0.05, 0.1) is 23.8 Å². The number of methoxy groups -OCH3 is 1. The molecule has 0 fully saturated rings. The van der Waals surface area contributed by atoms with Gasteiger partial charge in [-0.3, -0.25) is 0 Å². The molecule has 0 atom stereocenters. The highest BCUT2D eigenvalue weighted by Gasteiger charge is 2.27. The summed E-state index contributed by atoms with van der Waals surface area (Å²) in [4.78, 5) is 0. The molecular formula is C31H19NO2. The summed E-state index contributed by atoms with van der Waals surface area (Å²) in [6.45, 7) is 0. The molecule has 5 aromatic carbocycles. The molecule has 0 radical (unpaired) electrons. The first kappa shape index (κ1) is 18.0. The van der Waals surface area contributed by atoms with E-state index in [0.717, 1.165) is 33.3 Å². The van der Waals surface area contributed by atoms with E-state index in [9.17, 15) is 0 Å². The molecule has 0 unspecified atom stereocenters. The van der Waals surface area contributed by atoms with Crippen LogP contribution in [0.3, 0.4) is 0 Å². The van der Waals surface area contributed by atoms with Crippen LogP contribution in [-0.2, 0) is 0 Å². The molecule has 0 saturated carbocycles. The quantitative estimate of drug-likeness (QED) is 0.258. The summed E-state index contributed by atoms with van der Waals surface area (Å²) in [5, 5.41) is 4.69. The van der Waals surface area contributed by atoms with Crippen LogP contribution in [0, 0.1) is 0 Å². The standard InChI is InChI=1S/C31H19NO2/c1-33-18-13-16-27-25(17-18)22-9-6-10-24-29-21(19-7-2-4-11-26(19)32(27)30(22)24)14-15-23-20-8-3-5-12-28(20)34-31(23)29/h2-17H,1H3. The van der Waals surface area contributed by atoms with Crippen molar-refractivity contribution >= 4 is 43.7 Å². The van der Waals surface area contributed by atoms with Crippen LogP contribution in [0.4, 0.5) is 0 Å². The van der Waals surface area contributed by atoms with E-state index < -0.39 is 0 Å². The lowest BCUT2D eigenvalue weighted by molar-refractivity contribution is 0.415. The molecule has 1 aliphatic heterocycles. The molecule has 3 nitrogen and oxygen atoms in total. The van der Waals surface area contributed by atoms with Crippen LogP contribution < -0.4 is 4.74 Å². The lowest BCUT2D eigenvalue weighted by Gasteiger charge is -2.12. The Morgan fingerprint density at radius 3 is 2.41 bits per heavy atom. The molecule has 0 N–H and O–H groups in total. The van der Waals surface area contributed by atoms with Crippen molar-refractivity contribution in [1.82, 2.24) is 4.57 Å². The summed E-state index contributed by atoms with van der Waals surface area (Å²) in [7, 11) is 1.72. The van der Waals surface area contributed by atoms with Crippen LogP contribution in [0.1, 0.15) is 0 Å². The number of fused-ring (bicyclic) bond motifs is 12. The van der Waals surface area contributed by atoms with Crippen molar-refractivity contribution in [3.05, 3.63) is 97.1 Å². The third kappa shape index (κ3) is 2.12. The number of para-hydroxylation sites is 3. The topological polar surface area (TPSA) is 27.3 Å². The van der Waals surface area contributed by atoms with Crippen LogP contribution in [0.15, 0.2) is 101 Å². The van der Waals surface area contributed by atoms with Crippen molar-refractivity contribution in [1.29, 1.82) is 0 Å². The van der Waals surface area contributed by atoms with Crippen molar-refractivity contribution in [2.75, 3.05) is 7.11 Å². The summed E-state index contributed by atoms with van der Waals surface area (Å²) in [6.07, 6.45) is 0. The van der Waals surface area contributed by atoms with E-state index in [4.69, 9.17) is 9.15 Å². The summed E-state index contributed by atoms with van der Waals surface area (Å²) < 4.78 is 14.5. The first-order valence-corrected chi connectivity index (χ1v) is 11.5. The number of nitrogens with zero attached hydrogens (tertiary/aromatic N) is 1. The number of hydrogen-bond donors (Lipinski definition) is 0. The van der Waals surface area contributed by atoms with Crippen molar-refractivity contribution in [3.8, 4) is 33.7 Å². The predicted octanol–water partition coefficient (Wildman–Crippen LogP) is 8.34. The normalized spacial score (nSPS) is 12.3. The summed E-state index contributed by atoms with van der Waals surface area (Å²) in [5.74, 6) is 0.863. The van der Waals surface area contributed by atoms with Gasteiger partial charge >= 0.3 is 0 Å². The maximum absolute atomic E-state index is 6.55. The average Bonchev–Trinajstić information content (AvgIpc) is 3.39. The van der Waals surface area contributed by atoms with Gasteiger partial charge in [0.25, 0.3) is 0 Å². The molecule has 1 aliphatic rings. The molecule has 0 amide bonds. The van der Waals surface area contributed by atoms with Gasteiger partial charge in [-0.1, -0.05) is 60.7 Å². The van der Waals surface area contributed by atoms with Gasteiger partial charge in [-0.15, -0.1) is 0 Å². The smallest absolute Gasteiger partial charge is 0.143 e. The SMILES string of the molecule is COc1ccc2c(c1)c1cccc3c1n2-c1ccccc1-c1ccc2c(oc4ccccc42)c1-3. The van der Waals surface area contributed by atoms with Crippen LogP contribution in [0.2, 0.25) is 0 Å². The molecule has 160 valence electrons. The second-order valence-corrected chi connectivity index (χ2v) is 8.90. The Balaban J connectivity index is 1.66. The van der Waals surface area contributed by atoms with E-state index in [0.29, 0.717) is 0 Å². The van der Waals surface area contributed by atoms with Crippen molar-refractivity contribution < 1.29 is 9.15 Å². The number of ether oxygens (including phenoxy) is 1.